The molecule has 0 unspecified atom stereocenters. The standard InChI is InChI=1S/C15H17N3O3S2.ClH/c19-15(18-8-6-16-7-9-18)12-3-1-4-13(11-12)17-23(20,21)14-5-2-10-22-14;/h1-5,10-11,16-17H,6-9H2;1H. The second-order valence-electron chi connectivity index (χ2n) is 5.16. The van der Waals surface area contributed by atoms with E-state index >= 15 is 0 Å². The molecule has 24 heavy (non-hydrogen) atoms. The van der Waals surface area contributed by atoms with Gasteiger partial charge >= 0.3 is 0 Å². The molecule has 1 aliphatic rings. The number of anilines is 1. The fourth-order valence-electron chi connectivity index (χ4n) is 2.39. The highest BCUT2D eigenvalue weighted by molar-refractivity contribution is 7.94. The molecule has 130 valence electrons. The third-order valence-electron chi connectivity index (χ3n) is 3.53. The summed E-state index contributed by atoms with van der Waals surface area (Å²) in [6.07, 6.45) is 0. The molecule has 0 radical (unpaired) electrons. The van der Waals surface area contributed by atoms with E-state index in [0.29, 0.717) is 24.3 Å². The van der Waals surface area contributed by atoms with Crippen molar-refractivity contribution in [3.05, 3.63) is 47.3 Å². The van der Waals surface area contributed by atoms with E-state index in [1.165, 1.54) is 0 Å². The molecule has 1 aromatic carbocycles. The fraction of sp³-hybridized carbons (Fsp3) is 0.267. The number of benzene rings is 1. The van der Waals surface area contributed by atoms with Gasteiger partial charge in [-0.05, 0) is 29.6 Å². The Morgan fingerprint density at radius 1 is 1.17 bits per heavy atom. The van der Waals surface area contributed by atoms with Crippen LogP contribution < -0.4 is 10.0 Å². The molecule has 0 bridgehead atoms. The molecule has 1 aromatic heterocycles. The highest BCUT2D eigenvalue weighted by Crippen LogP contribution is 2.21. The lowest BCUT2D eigenvalue weighted by Crippen LogP contribution is -2.46. The molecule has 2 N–H and O–H groups in total. The fourth-order valence-corrected chi connectivity index (χ4v) is 4.43. The number of carbonyl (C=O) groups is 1. The maximum atomic E-state index is 12.5. The van der Waals surface area contributed by atoms with Crippen molar-refractivity contribution < 1.29 is 13.2 Å². The van der Waals surface area contributed by atoms with Crippen molar-refractivity contribution in [3.8, 4) is 0 Å². The lowest BCUT2D eigenvalue weighted by atomic mass is 10.1. The van der Waals surface area contributed by atoms with Crippen molar-refractivity contribution in [1.29, 1.82) is 0 Å². The van der Waals surface area contributed by atoms with Gasteiger partial charge in [-0.15, -0.1) is 23.7 Å². The Kier molecular flexibility index (Phi) is 6.22. The molecule has 1 amide bonds. The summed E-state index contributed by atoms with van der Waals surface area (Å²) >= 11 is 1.15. The number of thiophene rings is 1. The highest BCUT2D eigenvalue weighted by Gasteiger charge is 2.19. The van der Waals surface area contributed by atoms with E-state index in [2.05, 4.69) is 10.0 Å². The summed E-state index contributed by atoms with van der Waals surface area (Å²) in [6.45, 7) is 2.86. The predicted octanol–water partition coefficient (Wildman–Crippen LogP) is 2.02. The lowest BCUT2D eigenvalue weighted by molar-refractivity contribution is 0.0736. The zero-order valence-corrected chi connectivity index (χ0v) is 15.2. The quantitative estimate of drug-likeness (QED) is 0.841. The van der Waals surface area contributed by atoms with Crippen LogP contribution in [0.3, 0.4) is 0 Å². The molecule has 3 rings (SSSR count). The molecule has 2 aromatic rings. The molecule has 0 spiro atoms. The first-order valence-corrected chi connectivity index (χ1v) is 9.59. The van der Waals surface area contributed by atoms with Crippen LogP contribution in [0.25, 0.3) is 0 Å². The number of hydrogen-bond donors (Lipinski definition) is 2. The topological polar surface area (TPSA) is 78.5 Å². The first-order chi connectivity index (χ1) is 11.1. The second-order valence-corrected chi connectivity index (χ2v) is 8.02. The Labute approximate surface area is 151 Å². The Bertz CT molecular complexity index is 788. The van der Waals surface area contributed by atoms with Crippen molar-refractivity contribution in [1.82, 2.24) is 10.2 Å². The van der Waals surface area contributed by atoms with Crippen LogP contribution in [0.1, 0.15) is 10.4 Å². The summed E-state index contributed by atoms with van der Waals surface area (Å²) < 4.78 is 27.2. The maximum absolute atomic E-state index is 12.5. The van der Waals surface area contributed by atoms with Gasteiger partial charge in [-0.3, -0.25) is 9.52 Å². The number of nitrogens with one attached hydrogen (secondary N) is 2. The van der Waals surface area contributed by atoms with E-state index < -0.39 is 10.0 Å². The van der Waals surface area contributed by atoms with Gasteiger partial charge in [0.15, 0.2) is 0 Å². The summed E-state index contributed by atoms with van der Waals surface area (Å²) in [5.74, 6) is -0.0799. The van der Waals surface area contributed by atoms with Crippen LogP contribution >= 0.6 is 23.7 Å². The minimum atomic E-state index is -3.60. The van der Waals surface area contributed by atoms with E-state index in [1.54, 1.807) is 46.7 Å². The first-order valence-electron chi connectivity index (χ1n) is 7.23. The van der Waals surface area contributed by atoms with Gasteiger partial charge in [-0.1, -0.05) is 12.1 Å². The minimum absolute atomic E-state index is 0. The Morgan fingerprint density at radius 3 is 2.58 bits per heavy atom. The molecule has 0 aliphatic carbocycles. The van der Waals surface area contributed by atoms with Gasteiger partial charge in [-0.25, -0.2) is 8.42 Å². The van der Waals surface area contributed by atoms with E-state index in [4.69, 9.17) is 0 Å². The number of halogens is 1. The number of amides is 1. The van der Waals surface area contributed by atoms with Crippen LogP contribution in [0.15, 0.2) is 46.0 Å². The molecule has 9 heteroatoms. The molecule has 1 saturated heterocycles. The Morgan fingerprint density at radius 2 is 1.92 bits per heavy atom. The van der Waals surface area contributed by atoms with Crippen molar-refractivity contribution in [3.63, 3.8) is 0 Å². The molecule has 0 saturated carbocycles. The van der Waals surface area contributed by atoms with Crippen molar-refractivity contribution >= 4 is 45.4 Å². The Hall–Kier alpha value is -1.61. The smallest absolute Gasteiger partial charge is 0.271 e. The number of rotatable bonds is 4. The number of carbonyl (C=O) groups excluding carboxylic acids is 1. The number of nitrogens with zero attached hydrogens (tertiary/aromatic N) is 1. The SMILES string of the molecule is Cl.O=C(c1cccc(NS(=O)(=O)c2cccs2)c1)N1CCNCC1. The van der Waals surface area contributed by atoms with Crippen LogP contribution in [-0.2, 0) is 10.0 Å². The normalized spacial score (nSPS) is 14.8. The average Bonchev–Trinajstić information content (AvgIpc) is 3.10. The monoisotopic (exact) mass is 387 g/mol. The minimum Gasteiger partial charge on any atom is -0.336 e. The largest absolute Gasteiger partial charge is 0.336 e. The molecular formula is C15H18ClN3O3S2. The van der Waals surface area contributed by atoms with Crippen LogP contribution in [0.4, 0.5) is 5.69 Å². The molecular weight excluding hydrogens is 370 g/mol. The molecule has 1 fully saturated rings. The maximum Gasteiger partial charge on any atom is 0.271 e. The third-order valence-corrected chi connectivity index (χ3v) is 6.30. The summed E-state index contributed by atoms with van der Waals surface area (Å²) in [6, 6.07) is 9.83. The molecule has 1 aliphatic heterocycles. The van der Waals surface area contributed by atoms with E-state index in [0.717, 1.165) is 24.4 Å². The van der Waals surface area contributed by atoms with Gasteiger partial charge in [0, 0.05) is 37.4 Å². The van der Waals surface area contributed by atoms with Gasteiger partial charge in [-0.2, -0.15) is 0 Å². The predicted molar refractivity (Wildman–Crippen MR) is 97.6 cm³/mol. The molecule has 6 nitrogen and oxygen atoms in total. The van der Waals surface area contributed by atoms with Crippen molar-refractivity contribution in [2.45, 2.75) is 4.21 Å². The van der Waals surface area contributed by atoms with Gasteiger partial charge in [0.1, 0.15) is 4.21 Å². The summed E-state index contributed by atoms with van der Waals surface area (Å²) in [5, 5.41) is 4.90. The van der Waals surface area contributed by atoms with E-state index in [9.17, 15) is 13.2 Å². The molecule has 0 atom stereocenters. The highest BCUT2D eigenvalue weighted by atomic mass is 35.5. The zero-order chi connectivity index (χ0) is 16.3. The number of sulfonamides is 1. The van der Waals surface area contributed by atoms with Crippen LogP contribution in [0, 0.1) is 0 Å². The molecule has 2 heterocycles. The van der Waals surface area contributed by atoms with Crippen molar-refractivity contribution in [2.24, 2.45) is 0 Å². The van der Waals surface area contributed by atoms with Gasteiger partial charge < -0.3 is 10.2 Å². The second kappa shape index (κ2) is 7.98. The zero-order valence-electron chi connectivity index (χ0n) is 12.8. The third kappa shape index (κ3) is 4.27. The van der Waals surface area contributed by atoms with Crippen LogP contribution in [0.5, 0.6) is 0 Å². The van der Waals surface area contributed by atoms with E-state index in [-0.39, 0.29) is 22.5 Å². The van der Waals surface area contributed by atoms with Gasteiger partial charge in [0.2, 0.25) is 0 Å². The van der Waals surface area contributed by atoms with E-state index in [1.807, 2.05) is 0 Å². The Balaban J connectivity index is 0.00000208. The van der Waals surface area contributed by atoms with Gasteiger partial charge in [0.05, 0.1) is 0 Å². The first kappa shape index (κ1) is 18.7. The van der Waals surface area contributed by atoms with Crippen LogP contribution in [-0.4, -0.2) is 45.4 Å². The average molecular weight is 388 g/mol. The number of hydrogen-bond acceptors (Lipinski definition) is 5. The summed E-state index contributed by atoms with van der Waals surface area (Å²) in [4.78, 5) is 14.2. The van der Waals surface area contributed by atoms with Gasteiger partial charge in [0.25, 0.3) is 15.9 Å². The lowest BCUT2D eigenvalue weighted by Gasteiger charge is -2.27. The van der Waals surface area contributed by atoms with Crippen molar-refractivity contribution in [2.75, 3.05) is 30.9 Å². The summed E-state index contributed by atoms with van der Waals surface area (Å²) in [7, 11) is -3.60. The number of piperazine rings is 1. The summed E-state index contributed by atoms with van der Waals surface area (Å²) in [5.41, 5.74) is 0.873. The van der Waals surface area contributed by atoms with Crippen LogP contribution in [0.2, 0.25) is 0 Å².